The zero-order valence-electron chi connectivity index (χ0n) is 10.3. The van der Waals surface area contributed by atoms with Gasteiger partial charge in [-0.2, -0.15) is 0 Å². The van der Waals surface area contributed by atoms with Gasteiger partial charge in [0.2, 0.25) is 0 Å². The van der Waals surface area contributed by atoms with Crippen molar-refractivity contribution in [3.8, 4) is 11.5 Å². The van der Waals surface area contributed by atoms with Crippen LogP contribution in [0.1, 0.15) is 5.56 Å². The lowest BCUT2D eigenvalue weighted by molar-refractivity contribution is 0.292. The molecule has 0 spiro atoms. The Kier molecular flexibility index (Phi) is 4.27. The van der Waals surface area contributed by atoms with E-state index in [2.05, 4.69) is 15.9 Å². The molecule has 100 valence electrons. The molecule has 2 N–H and O–H groups in total. The highest BCUT2D eigenvalue weighted by molar-refractivity contribution is 9.10. The summed E-state index contributed by atoms with van der Waals surface area (Å²) in [6.07, 6.45) is 0. The van der Waals surface area contributed by atoms with Crippen LogP contribution in [0.4, 0.5) is 10.1 Å². The van der Waals surface area contributed by atoms with E-state index in [1.807, 2.05) is 18.2 Å². The van der Waals surface area contributed by atoms with Crippen LogP contribution < -0.4 is 15.2 Å². The smallest absolute Gasteiger partial charge is 0.178 e. The van der Waals surface area contributed by atoms with Gasteiger partial charge in [-0.1, -0.05) is 12.1 Å². The summed E-state index contributed by atoms with van der Waals surface area (Å²) in [6.45, 7) is 0.230. The number of nitrogen functional groups attached to an aromatic ring is 1. The molecule has 0 aliphatic heterocycles. The topological polar surface area (TPSA) is 44.5 Å². The van der Waals surface area contributed by atoms with E-state index < -0.39 is 5.82 Å². The molecule has 19 heavy (non-hydrogen) atoms. The molecular weight excluding hydrogens is 313 g/mol. The molecule has 5 heteroatoms. The molecule has 2 rings (SSSR count). The van der Waals surface area contributed by atoms with Crippen LogP contribution in [0.15, 0.2) is 40.9 Å². The average molecular weight is 326 g/mol. The van der Waals surface area contributed by atoms with Crippen LogP contribution in [0.25, 0.3) is 0 Å². The fraction of sp³-hybridized carbons (Fsp3) is 0.143. The molecule has 0 bridgehead atoms. The van der Waals surface area contributed by atoms with Crippen LogP contribution in [0.5, 0.6) is 11.5 Å². The first kappa shape index (κ1) is 13.7. The van der Waals surface area contributed by atoms with Crippen molar-refractivity contribution in [3.05, 3.63) is 52.3 Å². The van der Waals surface area contributed by atoms with Crippen molar-refractivity contribution in [2.75, 3.05) is 12.8 Å². The second-order valence-electron chi connectivity index (χ2n) is 3.92. The summed E-state index contributed by atoms with van der Waals surface area (Å²) in [5.74, 6) is 0.344. The molecule has 2 aromatic rings. The van der Waals surface area contributed by atoms with E-state index in [0.717, 1.165) is 15.8 Å². The normalized spacial score (nSPS) is 10.3. The number of hydrogen-bond donors (Lipinski definition) is 1. The summed E-state index contributed by atoms with van der Waals surface area (Å²) >= 11 is 3.38. The molecule has 0 fully saturated rings. The van der Waals surface area contributed by atoms with E-state index in [1.165, 1.54) is 6.07 Å². The van der Waals surface area contributed by atoms with Crippen LogP contribution in [-0.2, 0) is 6.61 Å². The second kappa shape index (κ2) is 5.93. The van der Waals surface area contributed by atoms with Gasteiger partial charge in [0, 0.05) is 0 Å². The molecule has 0 unspecified atom stereocenters. The predicted molar refractivity (Wildman–Crippen MR) is 75.8 cm³/mol. The van der Waals surface area contributed by atoms with Crippen molar-refractivity contribution < 1.29 is 13.9 Å². The third-order valence-electron chi connectivity index (χ3n) is 2.60. The van der Waals surface area contributed by atoms with Crippen molar-refractivity contribution >= 4 is 21.6 Å². The Morgan fingerprint density at radius 3 is 2.68 bits per heavy atom. The van der Waals surface area contributed by atoms with Crippen LogP contribution in [-0.4, -0.2) is 7.11 Å². The molecule has 0 aromatic heterocycles. The maximum Gasteiger partial charge on any atom is 0.178 e. The van der Waals surface area contributed by atoms with Crippen LogP contribution in [0.3, 0.4) is 0 Å². The predicted octanol–water partition coefficient (Wildman–Crippen LogP) is 3.76. The van der Waals surface area contributed by atoms with Gasteiger partial charge in [-0.3, -0.25) is 0 Å². The average Bonchev–Trinajstić information content (AvgIpc) is 2.38. The van der Waals surface area contributed by atoms with E-state index >= 15 is 0 Å². The Hall–Kier alpha value is -1.75. The number of nitrogens with two attached hydrogens (primary N) is 1. The number of anilines is 1. The minimum absolute atomic E-state index is 0.0782. The van der Waals surface area contributed by atoms with E-state index in [0.29, 0.717) is 0 Å². The monoisotopic (exact) mass is 325 g/mol. The van der Waals surface area contributed by atoms with Gasteiger partial charge in [0.15, 0.2) is 11.6 Å². The number of hydrogen-bond acceptors (Lipinski definition) is 3. The molecule has 0 atom stereocenters. The molecule has 0 radical (unpaired) electrons. The van der Waals surface area contributed by atoms with Crippen LogP contribution in [0.2, 0.25) is 0 Å². The summed E-state index contributed by atoms with van der Waals surface area (Å²) in [7, 11) is 1.59. The van der Waals surface area contributed by atoms with Gasteiger partial charge in [-0.25, -0.2) is 4.39 Å². The van der Waals surface area contributed by atoms with Crippen molar-refractivity contribution in [2.24, 2.45) is 0 Å². The van der Waals surface area contributed by atoms with Crippen molar-refractivity contribution in [2.45, 2.75) is 6.61 Å². The lowest BCUT2D eigenvalue weighted by Gasteiger charge is -2.11. The minimum Gasteiger partial charge on any atom is -0.496 e. The minimum atomic E-state index is -0.465. The summed E-state index contributed by atoms with van der Waals surface area (Å²) in [6, 6.07) is 9.98. The fourth-order valence-corrected chi connectivity index (χ4v) is 2.22. The van der Waals surface area contributed by atoms with Crippen molar-refractivity contribution in [1.82, 2.24) is 0 Å². The first-order valence-corrected chi connectivity index (χ1v) is 6.40. The number of benzene rings is 2. The molecule has 3 nitrogen and oxygen atoms in total. The van der Waals surface area contributed by atoms with E-state index in [4.69, 9.17) is 15.2 Å². The molecule has 0 amide bonds. The summed E-state index contributed by atoms with van der Waals surface area (Å²) in [5, 5.41) is 0. The number of methoxy groups -OCH3 is 1. The van der Waals surface area contributed by atoms with Crippen molar-refractivity contribution in [1.29, 1.82) is 0 Å². The van der Waals surface area contributed by atoms with Crippen LogP contribution >= 0.6 is 15.9 Å². The molecule has 0 aliphatic rings. The molecule has 0 saturated carbocycles. The van der Waals surface area contributed by atoms with Gasteiger partial charge in [0.05, 0.1) is 17.3 Å². The zero-order chi connectivity index (χ0) is 13.8. The zero-order valence-corrected chi connectivity index (χ0v) is 11.9. The standard InChI is InChI=1S/C14H13BrFNO2/c1-18-13-6-5-9(7-10(13)15)8-19-14-11(16)3-2-4-12(14)17/h2-7H,8,17H2,1H3. The highest BCUT2D eigenvalue weighted by Gasteiger charge is 2.08. The Morgan fingerprint density at radius 2 is 2.05 bits per heavy atom. The fourth-order valence-electron chi connectivity index (χ4n) is 1.63. The summed E-state index contributed by atoms with van der Waals surface area (Å²) in [5.41, 5.74) is 6.84. The number of para-hydroxylation sites is 1. The SMILES string of the molecule is COc1ccc(COc2c(N)cccc2F)cc1Br. The molecule has 0 saturated heterocycles. The second-order valence-corrected chi connectivity index (χ2v) is 4.77. The Morgan fingerprint density at radius 1 is 1.26 bits per heavy atom. The Balaban J connectivity index is 2.13. The van der Waals surface area contributed by atoms with E-state index in [1.54, 1.807) is 19.2 Å². The summed E-state index contributed by atoms with van der Waals surface area (Å²) in [4.78, 5) is 0. The van der Waals surface area contributed by atoms with Gasteiger partial charge in [0.25, 0.3) is 0 Å². The maximum absolute atomic E-state index is 13.5. The van der Waals surface area contributed by atoms with Crippen molar-refractivity contribution in [3.63, 3.8) is 0 Å². The Bertz CT molecular complexity index is 569. The van der Waals surface area contributed by atoms with Gasteiger partial charge in [-0.15, -0.1) is 0 Å². The highest BCUT2D eigenvalue weighted by Crippen LogP contribution is 2.28. The number of halogens is 2. The number of rotatable bonds is 4. The third kappa shape index (κ3) is 3.17. The first-order valence-electron chi connectivity index (χ1n) is 5.61. The van der Waals surface area contributed by atoms with Gasteiger partial charge in [-0.05, 0) is 45.8 Å². The highest BCUT2D eigenvalue weighted by atomic mass is 79.9. The van der Waals surface area contributed by atoms with Gasteiger partial charge in [0.1, 0.15) is 12.4 Å². The summed E-state index contributed by atoms with van der Waals surface area (Å²) < 4.78 is 24.9. The maximum atomic E-state index is 13.5. The molecule has 0 aliphatic carbocycles. The third-order valence-corrected chi connectivity index (χ3v) is 3.22. The lowest BCUT2D eigenvalue weighted by Crippen LogP contribution is -2.01. The largest absolute Gasteiger partial charge is 0.496 e. The molecule has 2 aromatic carbocycles. The van der Waals surface area contributed by atoms with Gasteiger partial charge < -0.3 is 15.2 Å². The van der Waals surface area contributed by atoms with E-state index in [-0.39, 0.29) is 18.0 Å². The quantitative estimate of drug-likeness (QED) is 0.870. The number of ether oxygens (including phenoxy) is 2. The van der Waals surface area contributed by atoms with Crippen LogP contribution in [0, 0.1) is 5.82 Å². The van der Waals surface area contributed by atoms with E-state index in [9.17, 15) is 4.39 Å². The lowest BCUT2D eigenvalue weighted by atomic mass is 10.2. The first-order chi connectivity index (χ1) is 9.11. The van der Waals surface area contributed by atoms with Gasteiger partial charge >= 0.3 is 0 Å². The molecule has 0 heterocycles. The molecular formula is C14H13BrFNO2. The Labute approximate surface area is 119 Å².